The lowest BCUT2D eigenvalue weighted by Gasteiger charge is -2.13. The number of allylic oxidation sites excluding steroid dienone is 2. The molecule has 1 aliphatic rings. The molecule has 0 saturated heterocycles. The van der Waals surface area contributed by atoms with Gasteiger partial charge in [-0.1, -0.05) is 30.8 Å². The minimum Gasteiger partial charge on any atom is -0.507 e. The predicted molar refractivity (Wildman–Crippen MR) is 50.5 cm³/mol. The summed E-state index contributed by atoms with van der Waals surface area (Å²) in [4.78, 5) is 11.5. The van der Waals surface area contributed by atoms with Crippen molar-refractivity contribution in [1.82, 2.24) is 0 Å². The molecule has 0 aliphatic heterocycles. The summed E-state index contributed by atoms with van der Waals surface area (Å²) in [6.07, 6.45) is 1.39. The van der Waals surface area contributed by atoms with Gasteiger partial charge in [0.1, 0.15) is 5.76 Å². The molecule has 0 atom stereocenters. The highest BCUT2D eigenvalue weighted by Crippen LogP contribution is 2.25. The zero-order valence-electron chi connectivity index (χ0n) is 6.95. The average Bonchev–Trinajstić information content (AvgIpc) is 2.15. The Balaban J connectivity index is 2.72. The molecule has 0 amide bonds. The van der Waals surface area contributed by atoms with Gasteiger partial charge in [-0.3, -0.25) is 4.79 Å². The fourth-order valence-electron chi connectivity index (χ4n) is 1.39. The molecular weight excluding hydrogens is 164 g/mol. The summed E-state index contributed by atoms with van der Waals surface area (Å²) in [7, 11) is 0. The average molecular weight is 172 g/mol. The van der Waals surface area contributed by atoms with Crippen LogP contribution in [0.5, 0.6) is 0 Å². The molecule has 0 unspecified atom stereocenters. The van der Waals surface area contributed by atoms with E-state index in [1.54, 1.807) is 24.3 Å². The first-order valence-electron chi connectivity index (χ1n) is 3.94. The van der Waals surface area contributed by atoms with Crippen LogP contribution in [0.25, 0.3) is 5.76 Å². The molecule has 1 aliphatic carbocycles. The van der Waals surface area contributed by atoms with Crippen LogP contribution in [-0.4, -0.2) is 10.9 Å². The fourth-order valence-corrected chi connectivity index (χ4v) is 1.39. The second-order valence-corrected chi connectivity index (χ2v) is 2.93. The normalized spacial score (nSPS) is 15.2. The van der Waals surface area contributed by atoms with E-state index >= 15 is 0 Å². The Kier molecular flexibility index (Phi) is 1.55. The van der Waals surface area contributed by atoms with Gasteiger partial charge in [-0.25, -0.2) is 0 Å². The highest BCUT2D eigenvalue weighted by Gasteiger charge is 2.20. The molecule has 64 valence electrons. The largest absolute Gasteiger partial charge is 0.507 e. The van der Waals surface area contributed by atoms with Crippen molar-refractivity contribution in [3.63, 3.8) is 0 Å². The van der Waals surface area contributed by atoms with Crippen molar-refractivity contribution in [2.75, 3.05) is 0 Å². The molecule has 1 aromatic carbocycles. The second-order valence-electron chi connectivity index (χ2n) is 2.93. The van der Waals surface area contributed by atoms with Crippen LogP contribution in [0, 0.1) is 0 Å². The van der Waals surface area contributed by atoms with Gasteiger partial charge in [-0.15, -0.1) is 0 Å². The van der Waals surface area contributed by atoms with E-state index in [0.29, 0.717) is 16.7 Å². The van der Waals surface area contributed by atoms with Crippen LogP contribution in [0.3, 0.4) is 0 Å². The minimum absolute atomic E-state index is 0.111. The SMILES string of the molecule is C=C1C=C(O)c2ccccc2C1=O. The van der Waals surface area contributed by atoms with Crippen LogP contribution in [0.15, 0.2) is 42.5 Å². The van der Waals surface area contributed by atoms with Crippen LogP contribution in [0.1, 0.15) is 15.9 Å². The molecule has 1 N–H and O–H groups in total. The molecule has 0 radical (unpaired) electrons. The van der Waals surface area contributed by atoms with Crippen molar-refractivity contribution < 1.29 is 9.90 Å². The van der Waals surface area contributed by atoms with E-state index in [2.05, 4.69) is 6.58 Å². The van der Waals surface area contributed by atoms with E-state index < -0.39 is 0 Å². The van der Waals surface area contributed by atoms with Gasteiger partial charge >= 0.3 is 0 Å². The lowest BCUT2D eigenvalue weighted by molar-refractivity contribution is 0.103. The Labute approximate surface area is 75.8 Å². The summed E-state index contributed by atoms with van der Waals surface area (Å²) < 4.78 is 0. The number of Topliss-reactive ketones (excluding diaryl/α,β-unsaturated/α-hetero) is 1. The standard InChI is InChI=1S/C11H8O2/c1-7-6-10(12)8-4-2-3-5-9(8)11(7)13/h2-6,12H,1H2. The first-order valence-corrected chi connectivity index (χ1v) is 3.94. The van der Waals surface area contributed by atoms with E-state index in [1.165, 1.54) is 6.08 Å². The quantitative estimate of drug-likeness (QED) is 0.610. The Morgan fingerprint density at radius 2 is 1.77 bits per heavy atom. The first kappa shape index (κ1) is 7.80. The summed E-state index contributed by atoms with van der Waals surface area (Å²) in [6, 6.07) is 6.95. The molecule has 13 heavy (non-hydrogen) atoms. The highest BCUT2D eigenvalue weighted by atomic mass is 16.3. The summed E-state index contributed by atoms with van der Waals surface area (Å²) in [5, 5.41) is 9.50. The molecule has 0 aromatic heterocycles. The molecular formula is C11H8O2. The van der Waals surface area contributed by atoms with E-state index in [1.807, 2.05) is 0 Å². The summed E-state index contributed by atoms with van der Waals surface area (Å²) in [5.74, 6) is -0.00593. The molecule has 2 heteroatoms. The van der Waals surface area contributed by atoms with Crippen molar-refractivity contribution in [2.24, 2.45) is 0 Å². The third-order valence-electron chi connectivity index (χ3n) is 2.05. The van der Waals surface area contributed by atoms with Crippen molar-refractivity contribution in [3.8, 4) is 0 Å². The minimum atomic E-state index is -0.117. The van der Waals surface area contributed by atoms with Gasteiger partial charge in [0.05, 0.1) is 0 Å². The Bertz CT molecular complexity index is 427. The zero-order chi connectivity index (χ0) is 9.42. The van der Waals surface area contributed by atoms with Crippen LogP contribution in [-0.2, 0) is 0 Å². The molecule has 2 rings (SSSR count). The number of ketones is 1. The monoisotopic (exact) mass is 172 g/mol. The molecule has 1 aromatic rings. The number of rotatable bonds is 0. The first-order chi connectivity index (χ1) is 6.20. The number of carbonyl (C=O) groups excluding carboxylic acids is 1. The van der Waals surface area contributed by atoms with Gasteiger partial charge in [-0.2, -0.15) is 0 Å². The van der Waals surface area contributed by atoms with E-state index in [4.69, 9.17) is 0 Å². The fraction of sp³-hybridized carbons (Fsp3) is 0. The molecule has 0 fully saturated rings. The summed E-state index contributed by atoms with van der Waals surface area (Å²) >= 11 is 0. The van der Waals surface area contributed by atoms with Crippen LogP contribution >= 0.6 is 0 Å². The topological polar surface area (TPSA) is 37.3 Å². The van der Waals surface area contributed by atoms with Crippen molar-refractivity contribution in [3.05, 3.63) is 53.6 Å². The van der Waals surface area contributed by atoms with Crippen molar-refractivity contribution in [1.29, 1.82) is 0 Å². The Morgan fingerprint density at radius 3 is 2.46 bits per heavy atom. The number of fused-ring (bicyclic) bond motifs is 1. The number of aliphatic hydroxyl groups is 1. The number of hydrogen-bond donors (Lipinski definition) is 1. The van der Waals surface area contributed by atoms with Gasteiger partial charge in [0.2, 0.25) is 0 Å². The van der Waals surface area contributed by atoms with Crippen molar-refractivity contribution in [2.45, 2.75) is 0 Å². The summed E-state index contributed by atoms with van der Waals surface area (Å²) in [5.41, 5.74) is 1.43. The van der Waals surface area contributed by atoms with Gasteiger partial charge in [0.25, 0.3) is 0 Å². The van der Waals surface area contributed by atoms with Crippen molar-refractivity contribution >= 4 is 11.5 Å². The van der Waals surface area contributed by atoms with E-state index in [-0.39, 0.29) is 11.5 Å². The lowest BCUT2D eigenvalue weighted by Crippen LogP contribution is -2.09. The van der Waals surface area contributed by atoms with Crippen LogP contribution in [0.2, 0.25) is 0 Å². The predicted octanol–water partition coefficient (Wildman–Crippen LogP) is 2.34. The molecule has 0 heterocycles. The van der Waals surface area contributed by atoms with Gasteiger partial charge < -0.3 is 5.11 Å². The van der Waals surface area contributed by atoms with Crippen LogP contribution < -0.4 is 0 Å². The molecule has 2 nitrogen and oxygen atoms in total. The third kappa shape index (κ3) is 1.07. The molecule has 0 saturated carbocycles. The van der Waals surface area contributed by atoms with E-state index in [0.717, 1.165) is 0 Å². The maximum Gasteiger partial charge on any atom is 0.193 e. The second kappa shape index (κ2) is 2.59. The summed E-state index contributed by atoms with van der Waals surface area (Å²) in [6.45, 7) is 3.56. The smallest absolute Gasteiger partial charge is 0.193 e. The Hall–Kier alpha value is -1.83. The zero-order valence-corrected chi connectivity index (χ0v) is 6.95. The number of carbonyl (C=O) groups is 1. The van der Waals surface area contributed by atoms with Crippen LogP contribution in [0.4, 0.5) is 0 Å². The van der Waals surface area contributed by atoms with E-state index in [9.17, 15) is 9.90 Å². The third-order valence-corrected chi connectivity index (χ3v) is 2.05. The maximum absolute atomic E-state index is 11.5. The highest BCUT2D eigenvalue weighted by molar-refractivity contribution is 6.15. The van der Waals surface area contributed by atoms with Gasteiger partial charge in [0.15, 0.2) is 5.78 Å². The number of aliphatic hydroxyl groups excluding tert-OH is 1. The van der Waals surface area contributed by atoms with Gasteiger partial charge in [-0.05, 0) is 6.08 Å². The lowest BCUT2D eigenvalue weighted by atomic mass is 9.92. The number of hydrogen-bond acceptors (Lipinski definition) is 2. The number of benzene rings is 1. The Morgan fingerprint density at radius 1 is 1.15 bits per heavy atom. The molecule has 0 bridgehead atoms. The molecule has 0 spiro atoms. The maximum atomic E-state index is 11.5. The van der Waals surface area contributed by atoms with Gasteiger partial charge in [0, 0.05) is 16.7 Å².